The van der Waals surface area contributed by atoms with Crippen LogP contribution in [0.2, 0.25) is 5.02 Å². The molecule has 1 N–H and O–H groups in total. The number of piperidine rings is 1. The van der Waals surface area contributed by atoms with Crippen LogP contribution in [0.3, 0.4) is 0 Å². The highest BCUT2D eigenvalue weighted by molar-refractivity contribution is 7.98. The number of halogens is 2. The van der Waals surface area contributed by atoms with E-state index in [-0.39, 0.29) is 17.6 Å². The molecule has 2 aromatic carbocycles. The van der Waals surface area contributed by atoms with Gasteiger partial charge in [-0.05, 0) is 43.6 Å². The van der Waals surface area contributed by atoms with Crippen LogP contribution in [0.25, 0.3) is 0 Å². The number of rotatable bonds is 8. The minimum atomic E-state index is -0.264. The number of carbonyl (C=O) groups is 1. The van der Waals surface area contributed by atoms with E-state index in [4.69, 9.17) is 11.6 Å². The summed E-state index contributed by atoms with van der Waals surface area (Å²) in [6.45, 7) is 2.76. The van der Waals surface area contributed by atoms with Gasteiger partial charge >= 0.3 is 0 Å². The Morgan fingerprint density at radius 2 is 1.89 bits per heavy atom. The minimum absolute atomic E-state index is 0.0477. The van der Waals surface area contributed by atoms with E-state index in [2.05, 4.69) is 22.3 Å². The van der Waals surface area contributed by atoms with Crippen molar-refractivity contribution in [3.8, 4) is 0 Å². The normalized spacial score (nSPS) is 15.5. The summed E-state index contributed by atoms with van der Waals surface area (Å²) in [4.78, 5) is 14.6. The minimum Gasteiger partial charge on any atom is -0.355 e. The van der Waals surface area contributed by atoms with Crippen molar-refractivity contribution in [2.75, 3.05) is 25.4 Å². The van der Waals surface area contributed by atoms with Crippen LogP contribution >= 0.6 is 23.4 Å². The quantitative estimate of drug-likeness (QED) is 0.626. The van der Waals surface area contributed by atoms with Gasteiger partial charge in [0.2, 0.25) is 5.91 Å². The number of nitrogens with one attached hydrogen (secondary N) is 1. The predicted octanol–water partition coefficient (Wildman–Crippen LogP) is 4.74. The van der Waals surface area contributed by atoms with Crippen LogP contribution in [0.5, 0.6) is 0 Å². The maximum Gasteiger partial charge on any atom is 0.223 e. The van der Waals surface area contributed by atoms with Crippen LogP contribution in [0, 0.1) is 11.7 Å². The van der Waals surface area contributed by atoms with E-state index >= 15 is 0 Å². The average Bonchev–Trinajstić information content (AvgIpc) is 2.72. The third-order valence-corrected chi connectivity index (χ3v) is 6.44. The lowest BCUT2D eigenvalue weighted by atomic mass is 9.95. The number of likely N-dealkylation sites (tertiary alicyclic amines) is 1. The number of benzene rings is 2. The van der Waals surface area contributed by atoms with Crippen molar-refractivity contribution in [2.24, 2.45) is 5.92 Å². The van der Waals surface area contributed by atoms with Crippen LogP contribution in [0.4, 0.5) is 4.39 Å². The molecule has 1 fully saturated rings. The SMILES string of the molecule is O=C(NCCSCc1ccccc1)C1CCN(Cc2c(F)cccc2Cl)CC1. The Labute approximate surface area is 175 Å². The summed E-state index contributed by atoms with van der Waals surface area (Å²) in [5.41, 5.74) is 1.85. The molecule has 0 unspecified atom stereocenters. The summed E-state index contributed by atoms with van der Waals surface area (Å²) in [7, 11) is 0. The number of amides is 1. The average molecular weight is 421 g/mol. The zero-order valence-electron chi connectivity index (χ0n) is 15.9. The van der Waals surface area contributed by atoms with Gasteiger partial charge in [0, 0.05) is 41.1 Å². The lowest BCUT2D eigenvalue weighted by molar-refractivity contribution is -0.126. The number of hydrogen-bond donors (Lipinski definition) is 1. The van der Waals surface area contributed by atoms with E-state index in [0.29, 0.717) is 23.7 Å². The zero-order chi connectivity index (χ0) is 19.8. The Hall–Kier alpha value is -1.56. The van der Waals surface area contributed by atoms with Crippen molar-refractivity contribution in [1.82, 2.24) is 10.2 Å². The van der Waals surface area contributed by atoms with Crippen LogP contribution < -0.4 is 5.32 Å². The molecule has 0 aliphatic carbocycles. The first kappa shape index (κ1) is 21.2. The van der Waals surface area contributed by atoms with E-state index in [1.165, 1.54) is 11.6 Å². The fourth-order valence-corrected chi connectivity index (χ4v) is 4.46. The Morgan fingerprint density at radius 1 is 1.14 bits per heavy atom. The molecule has 3 rings (SSSR count). The summed E-state index contributed by atoms with van der Waals surface area (Å²) < 4.78 is 13.9. The van der Waals surface area contributed by atoms with Crippen molar-refractivity contribution >= 4 is 29.3 Å². The van der Waals surface area contributed by atoms with Crippen LogP contribution in [0.1, 0.15) is 24.0 Å². The van der Waals surface area contributed by atoms with Gasteiger partial charge in [-0.1, -0.05) is 48.0 Å². The fraction of sp³-hybridized carbons (Fsp3) is 0.409. The summed E-state index contributed by atoms with van der Waals surface area (Å²) in [6.07, 6.45) is 1.60. The highest BCUT2D eigenvalue weighted by atomic mass is 35.5. The maximum atomic E-state index is 13.9. The van der Waals surface area contributed by atoms with Crippen LogP contribution in [-0.4, -0.2) is 36.2 Å². The van der Waals surface area contributed by atoms with E-state index in [9.17, 15) is 9.18 Å². The summed E-state index contributed by atoms with van der Waals surface area (Å²) in [6, 6.07) is 15.1. The van der Waals surface area contributed by atoms with Gasteiger partial charge < -0.3 is 5.32 Å². The molecule has 0 atom stereocenters. The number of carbonyl (C=O) groups excluding carboxylic acids is 1. The number of hydrogen-bond acceptors (Lipinski definition) is 3. The van der Waals surface area contributed by atoms with E-state index in [1.54, 1.807) is 12.1 Å². The molecule has 0 spiro atoms. The van der Waals surface area contributed by atoms with E-state index < -0.39 is 0 Å². The first-order valence-corrected chi connectivity index (χ1v) is 11.2. The maximum absolute atomic E-state index is 13.9. The lowest BCUT2D eigenvalue weighted by Gasteiger charge is -2.31. The van der Waals surface area contributed by atoms with Crippen LogP contribution in [0.15, 0.2) is 48.5 Å². The highest BCUT2D eigenvalue weighted by Gasteiger charge is 2.25. The van der Waals surface area contributed by atoms with Gasteiger partial charge in [0.15, 0.2) is 0 Å². The van der Waals surface area contributed by atoms with Crippen molar-refractivity contribution in [1.29, 1.82) is 0 Å². The molecule has 1 aliphatic heterocycles. The molecule has 28 heavy (non-hydrogen) atoms. The van der Waals surface area contributed by atoms with E-state index in [1.807, 2.05) is 30.0 Å². The molecule has 1 heterocycles. The Kier molecular flexibility index (Phi) is 8.19. The smallest absolute Gasteiger partial charge is 0.223 e. The van der Waals surface area contributed by atoms with E-state index in [0.717, 1.165) is 37.4 Å². The Morgan fingerprint density at radius 3 is 2.61 bits per heavy atom. The molecule has 0 saturated carbocycles. The third kappa shape index (κ3) is 6.23. The molecule has 6 heteroatoms. The van der Waals surface area contributed by atoms with Crippen molar-refractivity contribution in [2.45, 2.75) is 25.1 Å². The standard InChI is InChI=1S/C22H26ClFN2OS/c23-20-7-4-8-21(24)19(20)15-26-12-9-18(10-13-26)22(27)25-11-14-28-16-17-5-2-1-3-6-17/h1-8,18H,9-16H2,(H,25,27). The molecule has 150 valence electrons. The highest BCUT2D eigenvalue weighted by Crippen LogP contribution is 2.24. The van der Waals surface area contributed by atoms with Crippen LogP contribution in [-0.2, 0) is 17.1 Å². The molecule has 1 aliphatic rings. The van der Waals surface area contributed by atoms with Gasteiger partial charge in [-0.2, -0.15) is 11.8 Å². The molecule has 0 aromatic heterocycles. The first-order chi connectivity index (χ1) is 13.6. The van der Waals surface area contributed by atoms with Gasteiger partial charge in [-0.25, -0.2) is 4.39 Å². The van der Waals surface area contributed by atoms with Crippen molar-refractivity contribution in [3.05, 3.63) is 70.5 Å². The molecular weight excluding hydrogens is 395 g/mol. The molecule has 3 nitrogen and oxygen atoms in total. The van der Waals surface area contributed by atoms with Gasteiger partial charge in [-0.15, -0.1) is 0 Å². The number of nitrogens with zero attached hydrogens (tertiary/aromatic N) is 1. The molecule has 1 saturated heterocycles. The van der Waals surface area contributed by atoms with Gasteiger partial charge in [0.25, 0.3) is 0 Å². The molecule has 2 aromatic rings. The predicted molar refractivity (Wildman–Crippen MR) is 115 cm³/mol. The molecule has 1 amide bonds. The molecular formula is C22H26ClFN2OS. The second-order valence-electron chi connectivity index (χ2n) is 7.08. The summed E-state index contributed by atoms with van der Waals surface area (Å²) in [5, 5.41) is 3.53. The monoisotopic (exact) mass is 420 g/mol. The third-order valence-electron chi connectivity index (χ3n) is 5.06. The topological polar surface area (TPSA) is 32.3 Å². The summed E-state index contributed by atoms with van der Waals surface area (Å²) >= 11 is 7.95. The fourth-order valence-electron chi connectivity index (χ4n) is 3.42. The molecule has 0 bridgehead atoms. The second-order valence-corrected chi connectivity index (χ2v) is 8.59. The van der Waals surface area contributed by atoms with Gasteiger partial charge in [-0.3, -0.25) is 9.69 Å². The second kappa shape index (κ2) is 10.8. The largest absolute Gasteiger partial charge is 0.355 e. The summed E-state index contributed by atoms with van der Waals surface area (Å²) in [5.74, 6) is 1.80. The zero-order valence-corrected chi connectivity index (χ0v) is 17.4. The van der Waals surface area contributed by atoms with Gasteiger partial charge in [0.1, 0.15) is 5.82 Å². The number of thioether (sulfide) groups is 1. The van der Waals surface area contributed by atoms with Gasteiger partial charge in [0.05, 0.1) is 0 Å². The first-order valence-electron chi connectivity index (χ1n) is 9.68. The lowest BCUT2D eigenvalue weighted by Crippen LogP contribution is -2.40. The Bertz CT molecular complexity index is 746. The Balaban J connectivity index is 1.33. The van der Waals surface area contributed by atoms with Crippen molar-refractivity contribution in [3.63, 3.8) is 0 Å². The molecule has 0 radical (unpaired) electrons. The van der Waals surface area contributed by atoms with Crippen molar-refractivity contribution < 1.29 is 9.18 Å².